The van der Waals surface area contributed by atoms with Crippen molar-refractivity contribution < 1.29 is 14.7 Å². The molecule has 0 radical (unpaired) electrons. The maximum Gasteiger partial charge on any atom is 0.311 e. The summed E-state index contributed by atoms with van der Waals surface area (Å²) in [7, 11) is 0. The molecule has 0 unspecified atom stereocenters. The third-order valence-corrected chi connectivity index (χ3v) is 5.87. The monoisotopic (exact) mass is 329 g/mol. The third kappa shape index (κ3) is 3.80. The molecule has 0 bridgehead atoms. The third-order valence-electron chi connectivity index (χ3n) is 5.87. The van der Waals surface area contributed by atoms with Crippen LogP contribution < -0.4 is 5.32 Å². The number of hydrogen-bond donors (Lipinski definition) is 2. The highest BCUT2D eigenvalue weighted by Crippen LogP contribution is 2.43. The quantitative estimate of drug-likeness (QED) is 0.836. The van der Waals surface area contributed by atoms with Gasteiger partial charge in [-0.05, 0) is 43.1 Å². The van der Waals surface area contributed by atoms with Crippen LogP contribution in [0.4, 0.5) is 0 Å². The van der Waals surface area contributed by atoms with Crippen molar-refractivity contribution in [2.75, 3.05) is 6.54 Å². The van der Waals surface area contributed by atoms with E-state index in [1.807, 2.05) is 6.07 Å². The van der Waals surface area contributed by atoms with Crippen molar-refractivity contribution in [1.82, 2.24) is 5.32 Å². The van der Waals surface area contributed by atoms with Gasteiger partial charge in [0.25, 0.3) is 0 Å². The fourth-order valence-electron chi connectivity index (χ4n) is 4.20. The molecule has 1 amide bonds. The van der Waals surface area contributed by atoms with Crippen LogP contribution in [0.25, 0.3) is 0 Å². The van der Waals surface area contributed by atoms with Crippen LogP contribution in [-0.4, -0.2) is 23.5 Å². The Balaban J connectivity index is 1.43. The number of nitrogens with one attached hydrogen (secondary N) is 1. The molecule has 0 aliphatic heterocycles. The zero-order valence-corrected chi connectivity index (χ0v) is 14.2. The van der Waals surface area contributed by atoms with Crippen LogP contribution in [-0.2, 0) is 9.59 Å². The van der Waals surface area contributed by atoms with Gasteiger partial charge in [0, 0.05) is 13.0 Å². The van der Waals surface area contributed by atoms with Crippen LogP contribution in [0.15, 0.2) is 30.3 Å². The fraction of sp³-hybridized carbons (Fsp3) is 0.600. The molecule has 2 saturated carbocycles. The van der Waals surface area contributed by atoms with Crippen LogP contribution in [0.1, 0.15) is 62.8 Å². The molecule has 130 valence electrons. The highest BCUT2D eigenvalue weighted by Gasteiger charge is 2.40. The highest BCUT2D eigenvalue weighted by atomic mass is 16.4. The maximum atomic E-state index is 12.2. The molecule has 2 aliphatic rings. The summed E-state index contributed by atoms with van der Waals surface area (Å²) in [6.45, 7) is 0.288. The fourth-order valence-corrected chi connectivity index (χ4v) is 4.20. The van der Waals surface area contributed by atoms with Gasteiger partial charge in [-0.25, -0.2) is 0 Å². The Bertz CT molecular complexity index is 572. The van der Waals surface area contributed by atoms with E-state index in [1.54, 1.807) is 0 Å². The second-order valence-corrected chi connectivity index (χ2v) is 7.57. The molecule has 1 aromatic rings. The Labute approximate surface area is 143 Å². The second kappa shape index (κ2) is 7.37. The first-order valence-corrected chi connectivity index (χ1v) is 9.14. The first-order chi connectivity index (χ1) is 11.6. The van der Waals surface area contributed by atoms with E-state index in [0.29, 0.717) is 31.1 Å². The van der Waals surface area contributed by atoms with Gasteiger partial charge in [-0.3, -0.25) is 9.59 Å². The molecular formula is C20H27NO3. The summed E-state index contributed by atoms with van der Waals surface area (Å²) in [6, 6.07) is 10.5. The average molecular weight is 329 g/mol. The van der Waals surface area contributed by atoms with Gasteiger partial charge in [0.2, 0.25) is 5.91 Å². The summed E-state index contributed by atoms with van der Waals surface area (Å²) >= 11 is 0. The Hall–Kier alpha value is -1.84. The van der Waals surface area contributed by atoms with Crippen LogP contribution in [0.3, 0.4) is 0 Å². The van der Waals surface area contributed by atoms with Crippen molar-refractivity contribution in [1.29, 1.82) is 0 Å². The minimum atomic E-state index is -0.754. The molecule has 1 aromatic carbocycles. The molecule has 4 heteroatoms. The molecule has 2 fully saturated rings. The zero-order valence-electron chi connectivity index (χ0n) is 14.2. The molecule has 24 heavy (non-hydrogen) atoms. The number of carboxylic acid groups (broad SMARTS) is 1. The minimum Gasteiger partial charge on any atom is -0.481 e. The largest absolute Gasteiger partial charge is 0.481 e. The summed E-state index contributed by atoms with van der Waals surface area (Å²) < 4.78 is 0. The molecule has 2 N–H and O–H groups in total. The van der Waals surface area contributed by atoms with Gasteiger partial charge in [0.05, 0.1) is 5.41 Å². The number of carbonyl (C=O) groups is 2. The number of hydrogen-bond acceptors (Lipinski definition) is 2. The Kier molecular flexibility index (Phi) is 5.22. The lowest BCUT2D eigenvalue weighted by Crippen LogP contribution is -2.45. The number of aliphatic carboxylic acids is 1. The topological polar surface area (TPSA) is 66.4 Å². The molecular weight excluding hydrogens is 302 g/mol. The molecule has 0 aromatic heterocycles. The summed E-state index contributed by atoms with van der Waals surface area (Å²) in [5.74, 6) is 0.267. The van der Waals surface area contributed by atoms with Crippen molar-refractivity contribution in [3.8, 4) is 0 Å². The number of benzene rings is 1. The van der Waals surface area contributed by atoms with Crippen LogP contribution in [0.5, 0.6) is 0 Å². The summed E-state index contributed by atoms with van der Waals surface area (Å²) in [4.78, 5) is 23.8. The molecule has 0 heterocycles. The second-order valence-electron chi connectivity index (χ2n) is 7.57. The maximum absolute atomic E-state index is 12.2. The Morgan fingerprint density at radius 2 is 1.75 bits per heavy atom. The Morgan fingerprint density at radius 3 is 2.38 bits per heavy atom. The van der Waals surface area contributed by atoms with Gasteiger partial charge in [0.15, 0.2) is 0 Å². The lowest BCUT2D eigenvalue weighted by molar-refractivity contribution is -0.151. The van der Waals surface area contributed by atoms with Crippen LogP contribution in [0.2, 0.25) is 0 Å². The number of rotatable bonds is 6. The standard InChI is InChI=1S/C20H27NO3/c22-18(21-14-20(19(23)24)9-5-2-6-10-20)13-15-11-17(12-15)16-7-3-1-4-8-16/h1,3-4,7-8,15,17H,2,5-6,9-14H2,(H,21,22)(H,23,24). The van der Waals surface area contributed by atoms with E-state index < -0.39 is 11.4 Å². The molecule has 0 atom stereocenters. The smallest absolute Gasteiger partial charge is 0.311 e. The highest BCUT2D eigenvalue weighted by molar-refractivity contribution is 5.79. The van der Waals surface area contributed by atoms with E-state index in [-0.39, 0.29) is 12.5 Å². The zero-order chi connectivity index (χ0) is 17.0. The van der Waals surface area contributed by atoms with Crippen molar-refractivity contribution >= 4 is 11.9 Å². The van der Waals surface area contributed by atoms with Gasteiger partial charge in [-0.1, -0.05) is 49.6 Å². The van der Waals surface area contributed by atoms with E-state index >= 15 is 0 Å². The SMILES string of the molecule is O=C(CC1CC(c2ccccc2)C1)NCC1(C(=O)O)CCCCC1. The Morgan fingerprint density at radius 1 is 1.08 bits per heavy atom. The molecule has 0 spiro atoms. The van der Waals surface area contributed by atoms with E-state index in [9.17, 15) is 14.7 Å². The van der Waals surface area contributed by atoms with Gasteiger partial charge in [0.1, 0.15) is 0 Å². The number of carbonyl (C=O) groups excluding carboxylic acids is 1. The molecule has 2 aliphatic carbocycles. The predicted molar refractivity (Wildman–Crippen MR) is 92.7 cm³/mol. The first-order valence-electron chi connectivity index (χ1n) is 9.14. The van der Waals surface area contributed by atoms with E-state index in [4.69, 9.17) is 0 Å². The van der Waals surface area contributed by atoms with Gasteiger partial charge in [-0.15, -0.1) is 0 Å². The summed E-state index contributed by atoms with van der Waals surface area (Å²) in [5, 5.41) is 12.5. The average Bonchev–Trinajstić information content (AvgIpc) is 2.57. The van der Waals surface area contributed by atoms with Crippen LogP contribution in [0, 0.1) is 11.3 Å². The number of amides is 1. The molecule has 3 rings (SSSR count). The van der Waals surface area contributed by atoms with Gasteiger partial charge in [-0.2, -0.15) is 0 Å². The lowest BCUT2D eigenvalue weighted by atomic mass is 9.70. The van der Waals surface area contributed by atoms with Gasteiger partial charge < -0.3 is 10.4 Å². The normalized spacial score (nSPS) is 25.5. The van der Waals surface area contributed by atoms with Crippen molar-refractivity contribution in [3.63, 3.8) is 0 Å². The molecule has 4 nitrogen and oxygen atoms in total. The van der Waals surface area contributed by atoms with Crippen molar-refractivity contribution in [2.24, 2.45) is 11.3 Å². The van der Waals surface area contributed by atoms with E-state index in [0.717, 1.165) is 32.1 Å². The summed E-state index contributed by atoms with van der Waals surface area (Å²) in [5.41, 5.74) is 0.626. The number of carboxylic acids is 1. The minimum absolute atomic E-state index is 0.0118. The predicted octanol–water partition coefficient (Wildman–Crippen LogP) is 3.72. The van der Waals surface area contributed by atoms with Gasteiger partial charge >= 0.3 is 5.97 Å². The van der Waals surface area contributed by atoms with Crippen molar-refractivity contribution in [2.45, 2.75) is 57.3 Å². The molecule has 0 saturated heterocycles. The van der Waals surface area contributed by atoms with E-state index in [1.165, 1.54) is 5.56 Å². The summed E-state index contributed by atoms with van der Waals surface area (Å²) in [6.07, 6.45) is 7.01. The van der Waals surface area contributed by atoms with Crippen LogP contribution >= 0.6 is 0 Å². The first kappa shape index (κ1) is 17.0. The van der Waals surface area contributed by atoms with E-state index in [2.05, 4.69) is 29.6 Å². The van der Waals surface area contributed by atoms with Crippen molar-refractivity contribution in [3.05, 3.63) is 35.9 Å². The lowest BCUT2D eigenvalue weighted by Gasteiger charge is -2.36.